The molecule has 0 aliphatic heterocycles. The molecule has 7 heteroatoms. The number of carboxylic acid groups (broad SMARTS) is 1. The van der Waals surface area contributed by atoms with Crippen molar-refractivity contribution in [1.82, 2.24) is 10.3 Å². The van der Waals surface area contributed by atoms with Crippen LogP contribution in [-0.2, 0) is 4.79 Å². The van der Waals surface area contributed by atoms with Gasteiger partial charge in [0.25, 0.3) is 5.91 Å². The number of nitrogens with one attached hydrogen (secondary N) is 1. The molecule has 0 radical (unpaired) electrons. The minimum atomic E-state index is -0.790. The van der Waals surface area contributed by atoms with E-state index in [1.165, 1.54) is 11.3 Å². The maximum Gasteiger partial charge on any atom is 0.306 e. The molecular weight excluding hydrogens is 304 g/mol. The Kier molecular flexibility index (Phi) is 3.98. The number of hydrogen-bond donors (Lipinski definition) is 2. The molecule has 0 aromatic carbocycles. The molecule has 2 aromatic rings. The van der Waals surface area contributed by atoms with E-state index in [-0.39, 0.29) is 17.9 Å². The van der Waals surface area contributed by atoms with Gasteiger partial charge in [-0.3, -0.25) is 9.59 Å². The third-order valence-corrected chi connectivity index (χ3v) is 4.85. The van der Waals surface area contributed by atoms with Crippen molar-refractivity contribution in [3.05, 3.63) is 29.0 Å². The molecule has 1 saturated carbocycles. The summed E-state index contributed by atoms with van der Waals surface area (Å²) in [7, 11) is 0. The molecule has 2 aromatic heterocycles. The Hall–Kier alpha value is -2.15. The van der Waals surface area contributed by atoms with Crippen molar-refractivity contribution >= 4 is 23.2 Å². The zero-order chi connectivity index (χ0) is 15.7. The summed E-state index contributed by atoms with van der Waals surface area (Å²) in [6.45, 7) is 1.84. The van der Waals surface area contributed by atoms with E-state index in [1.54, 1.807) is 18.4 Å². The van der Waals surface area contributed by atoms with Crippen LogP contribution in [0.4, 0.5) is 0 Å². The summed E-state index contributed by atoms with van der Waals surface area (Å²) in [4.78, 5) is 28.5. The van der Waals surface area contributed by atoms with Crippen molar-refractivity contribution in [3.63, 3.8) is 0 Å². The van der Waals surface area contributed by atoms with Crippen LogP contribution in [0.2, 0.25) is 0 Å². The second-order valence-corrected chi connectivity index (χ2v) is 6.62. The summed E-state index contributed by atoms with van der Waals surface area (Å²) >= 11 is 1.40. The largest absolute Gasteiger partial charge is 0.481 e. The van der Waals surface area contributed by atoms with E-state index < -0.39 is 5.97 Å². The minimum absolute atomic E-state index is 0.0956. The molecule has 1 amide bonds. The number of thiazole rings is 1. The van der Waals surface area contributed by atoms with Crippen molar-refractivity contribution in [2.45, 2.75) is 32.2 Å². The highest BCUT2D eigenvalue weighted by molar-refractivity contribution is 7.15. The Morgan fingerprint density at radius 1 is 1.45 bits per heavy atom. The van der Waals surface area contributed by atoms with Crippen LogP contribution in [-0.4, -0.2) is 28.0 Å². The molecule has 0 unspecified atom stereocenters. The fraction of sp³-hybridized carbons (Fsp3) is 0.400. The zero-order valence-corrected chi connectivity index (χ0v) is 12.9. The van der Waals surface area contributed by atoms with Crippen LogP contribution in [0.25, 0.3) is 10.8 Å². The average Bonchev–Trinajstić information content (AvgIpc) is 3.16. The lowest BCUT2D eigenvalue weighted by atomic mass is 10.1. The van der Waals surface area contributed by atoms with E-state index in [2.05, 4.69) is 10.3 Å². The van der Waals surface area contributed by atoms with Gasteiger partial charge in [-0.2, -0.15) is 0 Å². The second-order valence-electron chi connectivity index (χ2n) is 5.42. The van der Waals surface area contributed by atoms with Crippen LogP contribution in [0.15, 0.2) is 22.8 Å². The molecule has 0 bridgehead atoms. The first kappa shape index (κ1) is 14.8. The van der Waals surface area contributed by atoms with E-state index in [9.17, 15) is 9.59 Å². The third-order valence-electron chi connectivity index (χ3n) is 3.86. The van der Waals surface area contributed by atoms with Gasteiger partial charge in [0.2, 0.25) is 0 Å². The topological polar surface area (TPSA) is 92.4 Å². The molecule has 0 spiro atoms. The number of carbonyl (C=O) groups is 2. The average molecular weight is 320 g/mol. The van der Waals surface area contributed by atoms with E-state index in [0.717, 1.165) is 4.88 Å². The predicted octanol–water partition coefficient (Wildman–Crippen LogP) is 2.69. The van der Waals surface area contributed by atoms with Crippen LogP contribution in [0.1, 0.15) is 34.6 Å². The van der Waals surface area contributed by atoms with Crippen LogP contribution < -0.4 is 5.32 Å². The zero-order valence-electron chi connectivity index (χ0n) is 12.0. The van der Waals surface area contributed by atoms with Crippen LogP contribution >= 0.6 is 11.3 Å². The lowest BCUT2D eigenvalue weighted by Gasteiger charge is -2.11. The maximum atomic E-state index is 12.3. The van der Waals surface area contributed by atoms with Gasteiger partial charge in [0.1, 0.15) is 5.69 Å². The van der Waals surface area contributed by atoms with Gasteiger partial charge in [-0.25, -0.2) is 4.98 Å². The van der Waals surface area contributed by atoms with E-state index in [1.807, 2.05) is 6.92 Å². The van der Waals surface area contributed by atoms with Crippen molar-refractivity contribution < 1.29 is 19.1 Å². The highest BCUT2D eigenvalue weighted by atomic mass is 32.1. The Balaban J connectivity index is 1.69. The van der Waals surface area contributed by atoms with Gasteiger partial charge < -0.3 is 14.8 Å². The summed E-state index contributed by atoms with van der Waals surface area (Å²) in [5.41, 5.74) is 0.384. The molecule has 2 heterocycles. The lowest BCUT2D eigenvalue weighted by Crippen LogP contribution is -2.33. The number of aliphatic carboxylic acids is 1. The normalized spacial score (nSPS) is 21.0. The number of aromatic nitrogens is 1. The van der Waals surface area contributed by atoms with Crippen LogP contribution in [0.3, 0.4) is 0 Å². The van der Waals surface area contributed by atoms with Crippen molar-refractivity contribution in [1.29, 1.82) is 0 Å². The summed E-state index contributed by atoms with van der Waals surface area (Å²) < 4.78 is 5.29. The van der Waals surface area contributed by atoms with Gasteiger partial charge in [0.15, 0.2) is 10.8 Å². The Labute approximate surface area is 131 Å². The fourth-order valence-electron chi connectivity index (χ4n) is 2.70. The second kappa shape index (κ2) is 5.92. The van der Waals surface area contributed by atoms with Gasteiger partial charge >= 0.3 is 5.97 Å². The summed E-state index contributed by atoms with van der Waals surface area (Å²) in [6, 6.07) is 3.48. The van der Waals surface area contributed by atoms with Crippen LogP contribution in [0.5, 0.6) is 0 Å². The standard InChI is InChI=1S/C15H16N2O4S/c1-8-12(17-14(22-8)11-3-2-6-21-11)13(18)16-10-5-4-9(7-10)15(19)20/h2-3,6,9-10H,4-5,7H2,1H3,(H,16,18)(H,19,20)/t9-,10+/m1/s1. The fourth-order valence-corrected chi connectivity index (χ4v) is 3.58. The maximum absolute atomic E-state index is 12.3. The van der Waals surface area contributed by atoms with Gasteiger partial charge in [0, 0.05) is 10.9 Å². The number of aryl methyl sites for hydroxylation is 1. The van der Waals surface area contributed by atoms with Gasteiger partial charge in [-0.15, -0.1) is 11.3 Å². The Morgan fingerprint density at radius 2 is 2.27 bits per heavy atom. The smallest absolute Gasteiger partial charge is 0.306 e. The quantitative estimate of drug-likeness (QED) is 0.903. The molecule has 3 rings (SSSR count). The van der Waals surface area contributed by atoms with Crippen LogP contribution in [0, 0.1) is 12.8 Å². The van der Waals surface area contributed by atoms with E-state index >= 15 is 0 Å². The van der Waals surface area contributed by atoms with Crippen molar-refractivity contribution in [3.8, 4) is 10.8 Å². The molecule has 22 heavy (non-hydrogen) atoms. The van der Waals surface area contributed by atoms with E-state index in [0.29, 0.717) is 35.7 Å². The summed E-state index contributed by atoms with van der Waals surface area (Å²) in [6.07, 6.45) is 3.34. The number of hydrogen-bond acceptors (Lipinski definition) is 5. The number of nitrogens with zero attached hydrogens (tertiary/aromatic N) is 1. The summed E-state index contributed by atoms with van der Waals surface area (Å²) in [5.74, 6) is -0.760. The lowest BCUT2D eigenvalue weighted by molar-refractivity contribution is -0.141. The third kappa shape index (κ3) is 2.89. The molecule has 1 aliphatic carbocycles. The summed E-state index contributed by atoms with van der Waals surface area (Å²) in [5, 5.41) is 12.6. The van der Waals surface area contributed by atoms with Gasteiger partial charge in [-0.1, -0.05) is 0 Å². The Bertz CT molecular complexity index is 692. The van der Waals surface area contributed by atoms with Gasteiger partial charge in [0.05, 0.1) is 12.2 Å². The molecule has 116 valence electrons. The number of furan rings is 1. The monoisotopic (exact) mass is 320 g/mol. The first-order chi connectivity index (χ1) is 10.5. The van der Waals surface area contributed by atoms with Gasteiger partial charge in [-0.05, 0) is 38.3 Å². The minimum Gasteiger partial charge on any atom is -0.481 e. The first-order valence-electron chi connectivity index (χ1n) is 7.09. The number of carbonyl (C=O) groups excluding carboxylic acids is 1. The van der Waals surface area contributed by atoms with Crippen molar-refractivity contribution in [2.75, 3.05) is 0 Å². The number of rotatable bonds is 4. The first-order valence-corrected chi connectivity index (χ1v) is 7.91. The number of carboxylic acids is 1. The molecule has 1 aliphatic rings. The Morgan fingerprint density at radius 3 is 2.91 bits per heavy atom. The molecular formula is C15H16N2O4S. The number of amides is 1. The predicted molar refractivity (Wildman–Crippen MR) is 80.8 cm³/mol. The van der Waals surface area contributed by atoms with Crippen molar-refractivity contribution in [2.24, 2.45) is 5.92 Å². The highest BCUT2D eigenvalue weighted by Gasteiger charge is 2.31. The van der Waals surface area contributed by atoms with E-state index in [4.69, 9.17) is 9.52 Å². The highest BCUT2D eigenvalue weighted by Crippen LogP contribution is 2.29. The molecule has 0 saturated heterocycles. The molecule has 2 N–H and O–H groups in total. The molecule has 6 nitrogen and oxygen atoms in total. The SMILES string of the molecule is Cc1sc(-c2ccco2)nc1C(=O)N[C@H]1CC[C@@H](C(=O)O)C1. The molecule has 1 fully saturated rings. The molecule has 2 atom stereocenters.